The molecule has 0 unspecified atom stereocenters. The molecule has 68 valence electrons. The lowest BCUT2D eigenvalue weighted by Crippen LogP contribution is -2.24. The summed E-state index contributed by atoms with van der Waals surface area (Å²) in [6, 6.07) is 0. The van der Waals surface area contributed by atoms with E-state index in [0.29, 0.717) is 0 Å². The van der Waals surface area contributed by atoms with Gasteiger partial charge < -0.3 is 0 Å². The summed E-state index contributed by atoms with van der Waals surface area (Å²) in [7, 11) is 0. The van der Waals surface area contributed by atoms with Crippen molar-refractivity contribution < 1.29 is 4.39 Å². The van der Waals surface area contributed by atoms with Crippen LogP contribution in [-0.4, -0.2) is 6.67 Å². The molecule has 0 aliphatic rings. The first-order valence-corrected chi connectivity index (χ1v) is 4.39. The number of alkyl halides is 1. The van der Waals surface area contributed by atoms with Crippen LogP contribution in [0.5, 0.6) is 0 Å². The van der Waals surface area contributed by atoms with Gasteiger partial charge in [-0.2, -0.15) is 0 Å². The summed E-state index contributed by atoms with van der Waals surface area (Å²) in [4.78, 5) is 0. The molecule has 0 radical (unpaired) electrons. The second-order valence-corrected chi connectivity index (χ2v) is 4.99. The Morgan fingerprint density at radius 3 is 1.73 bits per heavy atom. The van der Waals surface area contributed by atoms with Crippen LogP contribution in [0.2, 0.25) is 0 Å². The fourth-order valence-corrected chi connectivity index (χ4v) is 1.47. The molecular formula is C10H21F. The van der Waals surface area contributed by atoms with Gasteiger partial charge in [-0.15, -0.1) is 0 Å². The highest BCUT2D eigenvalue weighted by Crippen LogP contribution is 2.35. The third-order valence-electron chi connectivity index (χ3n) is 2.28. The highest BCUT2D eigenvalue weighted by Gasteiger charge is 2.27. The van der Waals surface area contributed by atoms with Crippen LogP contribution in [0.4, 0.5) is 4.39 Å². The van der Waals surface area contributed by atoms with Crippen LogP contribution in [0.25, 0.3) is 0 Å². The summed E-state index contributed by atoms with van der Waals surface area (Å²) >= 11 is 0. The van der Waals surface area contributed by atoms with Crippen molar-refractivity contribution in [1.82, 2.24) is 0 Å². The molecule has 0 spiro atoms. The van der Waals surface area contributed by atoms with E-state index in [0.717, 1.165) is 12.8 Å². The number of hydrogen-bond donors (Lipinski definition) is 0. The fourth-order valence-electron chi connectivity index (χ4n) is 1.47. The SMILES string of the molecule is CCC(C)(C)CC(C)(C)CF. The van der Waals surface area contributed by atoms with Gasteiger partial charge in [0.25, 0.3) is 0 Å². The quantitative estimate of drug-likeness (QED) is 0.586. The third kappa shape index (κ3) is 4.39. The summed E-state index contributed by atoms with van der Waals surface area (Å²) in [6.45, 7) is 10.3. The van der Waals surface area contributed by atoms with Gasteiger partial charge in [0.2, 0.25) is 0 Å². The lowest BCUT2D eigenvalue weighted by molar-refractivity contribution is 0.151. The van der Waals surface area contributed by atoms with Gasteiger partial charge in [0.15, 0.2) is 0 Å². The van der Waals surface area contributed by atoms with E-state index in [9.17, 15) is 4.39 Å². The van der Waals surface area contributed by atoms with E-state index in [1.165, 1.54) is 0 Å². The monoisotopic (exact) mass is 160 g/mol. The maximum Gasteiger partial charge on any atom is 0.0945 e. The maximum atomic E-state index is 12.4. The van der Waals surface area contributed by atoms with Gasteiger partial charge in [0.1, 0.15) is 0 Å². The molecule has 0 atom stereocenters. The predicted octanol–water partition coefficient (Wildman–Crippen LogP) is 3.81. The van der Waals surface area contributed by atoms with Crippen molar-refractivity contribution in [1.29, 1.82) is 0 Å². The van der Waals surface area contributed by atoms with E-state index in [4.69, 9.17) is 0 Å². The van der Waals surface area contributed by atoms with Gasteiger partial charge in [0.05, 0.1) is 6.67 Å². The van der Waals surface area contributed by atoms with E-state index in [1.54, 1.807) is 0 Å². The third-order valence-corrected chi connectivity index (χ3v) is 2.28. The van der Waals surface area contributed by atoms with Crippen molar-refractivity contribution in [3.8, 4) is 0 Å². The Hall–Kier alpha value is -0.0700. The zero-order chi connectivity index (χ0) is 9.12. The van der Waals surface area contributed by atoms with Crippen molar-refractivity contribution in [2.24, 2.45) is 10.8 Å². The van der Waals surface area contributed by atoms with E-state index in [2.05, 4.69) is 20.8 Å². The maximum absolute atomic E-state index is 12.4. The Labute approximate surface area is 70.2 Å². The molecule has 0 amide bonds. The van der Waals surface area contributed by atoms with Crippen molar-refractivity contribution >= 4 is 0 Å². The number of hydrogen-bond acceptors (Lipinski definition) is 0. The average Bonchev–Trinajstić information content (AvgIpc) is 1.86. The van der Waals surface area contributed by atoms with Gasteiger partial charge in [0, 0.05) is 0 Å². The summed E-state index contributed by atoms with van der Waals surface area (Å²) in [6.07, 6.45) is 2.09. The van der Waals surface area contributed by atoms with Crippen LogP contribution < -0.4 is 0 Å². The Kier molecular flexibility index (Phi) is 3.53. The molecule has 0 bridgehead atoms. The Morgan fingerprint density at radius 2 is 1.45 bits per heavy atom. The molecule has 1 heteroatoms. The van der Waals surface area contributed by atoms with Gasteiger partial charge in [-0.25, -0.2) is 0 Å². The summed E-state index contributed by atoms with van der Waals surface area (Å²) in [5.74, 6) is 0. The topological polar surface area (TPSA) is 0 Å². The minimum Gasteiger partial charge on any atom is -0.251 e. The molecule has 0 rings (SSSR count). The van der Waals surface area contributed by atoms with Gasteiger partial charge in [-0.3, -0.25) is 4.39 Å². The van der Waals surface area contributed by atoms with Crippen LogP contribution in [0.1, 0.15) is 47.5 Å². The minimum atomic E-state index is -0.212. The van der Waals surface area contributed by atoms with E-state index in [1.807, 2.05) is 13.8 Å². The second-order valence-electron chi connectivity index (χ2n) is 4.99. The summed E-state index contributed by atoms with van der Waals surface area (Å²) < 4.78 is 12.4. The Balaban J connectivity index is 4.02. The van der Waals surface area contributed by atoms with Crippen molar-refractivity contribution in [2.45, 2.75) is 47.5 Å². The Bertz CT molecular complexity index is 100. The zero-order valence-corrected chi connectivity index (χ0v) is 8.50. The second kappa shape index (κ2) is 3.55. The number of halogens is 1. The lowest BCUT2D eigenvalue weighted by atomic mass is 9.74. The van der Waals surface area contributed by atoms with Crippen LogP contribution in [0, 0.1) is 10.8 Å². The molecule has 11 heavy (non-hydrogen) atoms. The normalized spacial score (nSPS) is 13.6. The van der Waals surface area contributed by atoms with Gasteiger partial charge in [-0.1, -0.05) is 41.0 Å². The smallest absolute Gasteiger partial charge is 0.0945 e. The van der Waals surface area contributed by atoms with Crippen molar-refractivity contribution in [2.75, 3.05) is 6.67 Å². The molecule has 0 fully saturated rings. The molecule has 0 aromatic heterocycles. The first kappa shape index (κ1) is 10.9. The molecule has 0 aliphatic heterocycles. The predicted molar refractivity (Wildman–Crippen MR) is 48.4 cm³/mol. The van der Waals surface area contributed by atoms with E-state index in [-0.39, 0.29) is 17.5 Å². The van der Waals surface area contributed by atoms with Crippen LogP contribution in [-0.2, 0) is 0 Å². The minimum absolute atomic E-state index is 0.139. The highest BCUT2D eigenvalue weighted by molar-refractivity contribution is 4.77. The molecule has 0 nitrogen and oxygen atoms in total. The van der Waals surface area contributed by atoms with E-state index < -0.39 is 0 Å². The molecule has 0 aliphatic carbocycles. The standard InChI is InChI=1S/C10H21F/c1-6-9(2,3)7-10(4,5)8-11/h6-8H2,1-5H3. The zero-order valence-electron chi connectivity index (χ0n) is 8.50. The summed E-state index contributed by atoms with van der Waals surface area (Å²) in [5, 5.41) is 0. The number of rotatable bonds is 4. The van der Waals surface area contributed by atoms with Crippen LogP contribution in [0.15, 0.2) is 0 Å². The van der Waals surface area contributed by atoms with Crippen molar-refractivity contribution in [3.63, 3.8) is 0 Å². The fraction of sp³-hybridized carbons (Fsp3) is 1.00. The molecule has 0 saturated carbocycles. The Morgan fingerprint density at radius 1 is 1.00 bits per heavy atom. The first-order valence-electron chi connectivity index (χ1n) is 4.39. The molecule has 0 saturated heterocycles. The van der Waals surface area contributed by atoms with Crippen molar-refractivity contribution in [3.05, 3.63) is 0 Å². The van der Waals surface area contributed by atoms with Crippen LogP contribution in [0.3, 0.4) is 0 Å². The first-order chi connectivity index (χ1) is 4.83. The molecular weight excluding hydrogens is 139 g/mol. The molecule has 0 aromatic rings. The molecule has 0 aromatic carbocycles. The largest absolute Gasteiger partial charge is 0.251 e. The molecule has 0 N–H and O–H groups in total. The van der Waals surface area contributed by atoms with Gasteiger partial charge in [-0.05, 0) is 17.3 Å². The average molecular weight is 160 g/mol. The lowest BCUT2D eigenvalue weighted by Gasteiger charge is -2.32. The highest BCUT2D eigenvalue weighted by atomic mass is 19.1. The summed E-state index contributed by atoms with van der Waals surface area (Å²) in [5.41, 5.74) is 0.148. The van der Waals surface area contributed by atoms with Crippen LogP contribution >= 0.6 is 0 Å². The molecule has 0 heterocycles. The van der Waals surface area contributed by atoms with Gasteiger partial charge >= 0.3 is 0 Å². The van der Waals surface area contributed by atoms with E-state index >= 15 is 0 Å².